The molecule has 2 nitrogen and oxygen atoms in total. The van der Waals surface area contributed by atoms with Crippen molar-refractivity contribution >= 4 is 5.78 Å². The van der Waals surface area contributed by atoms with E-state index in [0.717, 1.165) is 25.3 Å². The third-order valence-electron chi connectivity index (χ3n) is 4.16. The van der Waals surface area contributed by atoms with Crippen LogP contribution in [0.25, 0.3) is 0 Å². The molecule has 2 N–H and O–H groups in total. The molecule has 1 aliphatic rings. The second-order valence-electron chi connectivity index (χ2n) is 5.42. The quantitative estimate of drug-likeness (QED) is 0.858. The highest BCUT2D eigenvalue weighted by molar-refractivity contribution is 6.02. The second-order valence-corrected chi connectivity index (χ2v) is 5.42. The Balaban J connectivity index is 2.43. The van der Waals surface area contributed by atoms with Crippen LogP contribution in [0.4, 0.5) is 13.2 Å². The predicted molar refractivity (Wildman–Crippen MR) is 70.3 cm³/mol. The summed E-state index contributed by atoms with van der Waals surface area (Å²) in [6.45, 7) is 0.109. The van der Waals surface area contributed by atoms with Crippen molar-refractivity contribution in [2.75, 3.05) is 6.54 Å². The first-order valence-corrected chi connectivity index (χ1v) is 6.82. The van der Waals surface area contributed by atoms with Gasteiger partial charge in [0.2, 0.25) is 0 Å². The number of ketones is 1. The molecular formula is C15H18F3NO. The zero-order valence-electron chi connectivity index (χ0n) is 11.2. The Bertz CT molecular complexity index is 490. The zero-order valence-corrected chi connectivity index (χ0v) is 11.2. The maximum Gasteiger partial charge on any atom is 0.417 e. The first kappa shape index (κ1) is 15.0. The van der Waals surface area contributed by atoms with Crippen LogP contribution >= 0.6 is 0 Å². The molecule has 5 heteroatoms. The molecule has 0 heterocycles. The normalized spacial score (nSPS) is 18.8. The van der Waals surface area contributed by atoms with Gasteiger partial charge >= 0.3 is 6.18 Å². The number of hydrogen-bond acceptors (Lipinski definition) is 2. The number of Topliss-reactive ketones (excluding diaryl/α,β-unsaturated/α-hetero) is 1. The Morgan fingerprint density at radius 2 is 1.75 bits per heavy atom. The van der Waals surface area contributed by atoms with Gasteiger partial charge < -0.3 is 5.73 Å². The van der Waals surface area contributed by atoms with Crippen LogP contribution in [0.2, 0.25) is 0 Å². The molecule has 1 aromatic rings. The van der Waals surface area contributed by atoms with Crippen LogP contribution in [0, 0.1) is 5.41 Å². The number of alkyl halides is 3. The van der Waals surface area contributed by atoms with Crippen LogP contribution in [-0.2, 0) is 6.18 Å². The Labute approximate surface area is 116 Å². The Morgan fingerprint density at radius 3 is 2.30 bits per heavy atom. The van der Waals surface area contributed by atoms with Crippen molar-refractivity contribution in [2.45, 2.75) is 38.3 Å². The Hall–Kier alpha value is -1.36. The van der Waals surface area contributed by atoms with Crippen LogP contribution in [-0.4, -0.2) is 12.3 Å². The Kier molecular flexibility index (Phi) is 4.18. The summed E-state index contributed by atoms with van der Waals surface area (Å²) in [6, 6.07) is 4.99. The summed E-state index contributed by atoms with van der Waals surface area (Å²) in [6.07, 6.45) is -0.663. The van der Waals surface area contributed by atoms with Gasteiger partial charge in [0.05, 0.1) is 5.56 Å². The summed E-state index contributed by atoms with van der Waals surface area (Å²) in [4.78, 5) is 12.6. The summed E-state index contributed by atoms with van der Waals surface area (Å²) < 4.78 is 39.1. The molecule has 20 heavy (non-hydrogen) atoms. The minimum atomic E-state index is -4.52. The number of rotatable bonds is 3. The van der Waals surface area contributed by atoms with E-state index in [2.05, 4.69) is 0 Å². The summed E-state index contributed by atoms with van der Waals surface area (Å²) in [5.41, 5.74) is 3.81. The number of carbonyl (C=O) groups excluding carboxylic acids is 1. The van der Waals surface area contributed by atoms with Gasteiger partial charge in [-0.05, 0) is 18.9 Å². The fourth-order valence-electron chi connectivity index (χ4n) is 2.97. The molecule has 1 aromatic carbocycles. The maximum atomic E-state index is 13.0. The lowest BCUT2D eigenvalue weighted by Gasteiger charge is -2.35. The lowest BCUT2D eigenvalue weighted by molar-refractivity contribution is -0.138. The average molecular weight is 285 g/mol. The van der Waals surface area contributed by atoms with Crippen molar-refractivity contribution in [1.29, 1.82) is 0 Å². The first-order chi connectivity index (χ1) is 9.41. The topological polar surface area (TPSA) is 43.1 Å². The molecule has 0 amide bonds. The highest BCUT2D eigenvalue weighted by Crippen LogP contribution is 2.41. The van der Waals surface area contributed by atoms with E-state index in [0.29, 0.717) is 12.8 Å². The maximum absolute atomic E-state index is 13.0. The fourth-order valence-corrected chi connectivity index (χ4v) is 2.97. The third-order valence-corrected chi connectivity index (χ3v) is 4.16. The van der Waals surface area contributed by atoms with Crippen LogP contribution in [0.1, 0.15) is 48.0 Å². The van der Waals surface area contributed by atoms with Gasteiger partial charge in [0.1, 0.15) is 0 Å². The van der Waals surface area contributed by atoms with Crippen LogP contribution in [0.15, 0.2) is 24.3 Å². The molecule has 0 aliphatic heterocycles. The highest BCUT2D eigenvalue weighted by Gasteiger charge is 2.42. The van der Waals surface area contributed by atoms with E-state index >= 15 is 0 Å². The smallest absolute Gasteiger partial charge is 0.329 e. The van der Waals surface area contributed by atoms with Gasteiger partial charge in [0.15, 0.2) is 5.78 Å². The SMILES string of the molecule is NCC1(C(=O)c2ccccc2C(F)(F)F)CCCCC1. The van der Waals surface area contributed by atoms with Crippen molar-refractivity contribution < 1.29 is 18.0 Å². The van der Waals surface area contributed by atoms with Crippen LogP contribution in [0.5, 0.6) is 0 Å². The molecule has 1 aliphatic carbocycles. The van der Waals surface area contributed by atoms with E-state index in [1.807, 2.05) is 0 Å². The lowest BCUT2D eigenvalue weighted by atomic mass is 9.69. The monoisotopic (exact) mass is 285 g/mol. The molecular weight excluding hydrogens is 267 g/mol. The lowest BCUT2D eigenvalue weighted by Crippen LogP contribution is -2.41. The summed E-state index contributed by atoms with van der Waals surface area (Å²) in [5, 5.41) is 0. The van der Waals surface area contributed by atoms with Gasteiger partial charge in [0.25, 0.3) is 0 Å². The van der Waals surface area contributed by atoms with Gasteiger partial charge in [-0.2, -0.15) is 13.2 Å². The minimum Gasteiger partial charge on any atom is -0.329 e. The number of carbonyl (C=O) groups is 1. The van der Waals surface area contributed by atoms with Gasteiger partial charge in [-0.15, -0.1) is 0 Å². The molecule has 0 radical (unpaired) electrons. The van der Waals surface area contributed by atoms with Crippen molar-refractivity contribution in [1.82, 2.24) is 0 Å². The molecule has 2 rings (SSSR count). The van der Waals surface area contributed by atoms with E-state index in [-0.39, 0.29) is 12.1 Å². The van der Waals surface area contributed by atoms with Gasteiger partial charge in [0, 0.05) is 17.5 Å². The Morgan fingerprint density at radius 1 is 1.15 bits per heavy atom. The van der Waals surface area contributed by atoms with E-state index < -0.39 is 22.9 Å². The van der Waals surface area contributed by atoms with E-state index in [1.165, 1.54) is 18.2 Å². The van der Waals surface area contributed by atoms with Crippen molar-refractivity contribution in [3.05, 3.63) is 35.4 Å². The van der Waals surface area contributed by atoms with Crippen molar-refractivity contribution in [3.63, 3.8) is 0 Å². The number of benzene rings is 1. The summed E-state index contributed by atoms with van der Waals surface area (Å²) >= 11 is 0. The van der Waals surface area contributed by atoms with E-state index in [1.54, 1.807) is 0 Å². The zero-order chi connectivity index (χ0) is 14.8. The van der Waals surface area contributed by atoms with E-state index in [9.17, 15) is 18.0 Å². The predicted octanol–water partition coefficient (Wildman–Crippen LogP) is 3.80. The number of hydrogen-bond donors (Lipinski definition) is 1. The average Bonchev–Trinajstić information content (AvgIpc) is 2.46. The van der Waals surface area contributed by atoms with E-state index in [4.69, 9.17) is 5.73 Å². The highest BCUT2D eigenvalue weighted by atomic mass is 19.4. The molecule has 0 atom stereocenters. The molecule has 110 valence electrons. The van der Waals surface area contributed by atoms with Crippen molar-refractivity contribution in [3.8, 4) is 0 Å². The van der Waals surface area contributed by atoms with Crippen molar-refractivity contribution in [2.24, 2.45) is 11.1 Å². The standard InChI is InChI=1S/C15H18F3NO/c16-15(17,18)12-7-3-2-6-11(12)13(20)14(10-19)8-4-1-5-9-14/h2-3,6-7H,1,4-5,8-10,19H2. The van der Waals surface area contributed by atoms with Gasteiger partial charge in [-0.1, -0.05) is 37.5 Å². The number of halogens is 3. The fraction of sp³-hybridized carbons (Fsp3) is 0.533. The second kappa shape index (κ2) is 5.56. The molecule has 1 fully saturated rings. The van der Waals surface area contributed by atoms with Gasteiger partial charge in [-0.3, -0.25) is 4.79 Å². The van der Waals surface area contributed by atoms with Crippen LogP contribution in [0.3, 0.4) is 0 Å². The molecule has 0 aromatic heterocycles. The van der Waals surface area contributed by atoms with Gasteiger partial charge in [-0.25, -0.2) is 0 Å². The number of nitrogens with two attached hydrogens (primary N) is 1. The third kappa shape index (κ3) is 2.73. The molecule has 0 bridgehead atoms. The molecule has 1 saturated carbocycles. The summed E-state index contributed by atoms with van der Waals surface area (Å²) in [5.74, 6) is -0.451. The first-order valence-electron chi connectivity index (χ1n) is 6.82. The molecule has 0 unspecified atom stereocenters. The summed E-state index contributed by atoms with van der Waals surface area (Å²) in [7, 11) is 0. The minimum absolute atomic E-state index is 0.109. The van der Waals surface area contributed by atoms with Crippen LogP contribution < -0.4 is 5.73 Å². The molecule has 0 saturated heterocycles. The molecule has 0 spiro atoms. The largest absolute Gasteiger partial charge is 0.417 e.